The molecule has 6 nitrogen and oxygen atoms in total. The second-order valence-electron chi connectivity index (χ2n) is 10.2. The topological polar surface area (TPSA) is 71.8 Å². The van der Waals surface area contributed by atoms with Gasteiger partial charge in [0.15, 0.2) is 0 Å². The molecule has 1 fully saturated rings. The monoisotopic (exact) mass is 527 g/mol. The number of nitrogens with one attached hydrogen (secondary N) is 2. The van der Waals surface area contributed by atoms with Gasteiger partial charge in [-0.2, -0.15) is 18.3 Å². The SMILES string of the molecule is CCCCCNC(=O)c1ccc(NC(c2cc(C)c(-n3cc(C(F)(F)F)cn3)c(C)c2)C2CCCC2)nc1. The Morgan fingerprint density at radius 2 is 1.82 bits per heavy atom. The zero-order valence-electron chi connectivity index (χ0n) is 22.2. The lowest BCUT2D eigenvalue weighted by Gasteiger charge is -2.27. The molecule has 0 bridgehead atoms. The summed E-state index contributed by atoms with van der Waals surface area (Å²) in [6.45, 7) is 6.58. The number of alkyl halides is 3. The summed E-state index contributed by atoms with van der Waals surface area (Å²) < 4.78 is 40.7. The lowest BCUT2D eigenvalue weighted by Crippen LogP contribution is -2.24. The number of halogens is 3. The first kappa shape index (κ1) is 27.7. The Hall–Kier alpha value is -3.36. The summed E-state index contributed by atoms with van der Waals surface area (Å²) in [5.41, 5.74) is 3.18. The maximum atomic E-state index is 13.1. The predicted octanol–water partition coefficient (Wildman–Crippen LogP) is 7.17. The van der Waals surface area contributed by atoms with Gasteiger partial charge in [0.25, 0.3) is 5.91 Å². The number of hydrogen-bond donors (Lipinski definition) is 2. The van der Waals surface area contributed by atoms with E-state index in [4.69, 9.17) is 0 Å². The van der Waals surface area contributed by atoms with Gasteiger partial charge in [-0.25, -0.2) is 9.67 Å². The molecule has 1 amide bonds. The highest BCUT2D eigenvalue weighted by atomic mass is 19.4. The largest absolute Gasteiger partial charge is 0.419 e. The van der Waals surface area contributed by atoms with Crippen LogP contribution in [0, 0.1) is 19.8 Å². The molecule has 1 unspecified atom stereocenters. The molecule has 1 aromatic carbocycles. The third-order valence-electron chi connectivity index (χ3n) is 7.28. The van der Waals surface area contributed by atoms with E-state index in [-0.39, 0.29) is 11.9 Å². The Morgan fingerprint density at radius 3 is 2.39 bits per heavy atom. The summed E-state index contributed by atoms with van der Waals surface area (Å²) in [4.78, 5) is 16.9. The number of carbonyl (C=O) groups excluding carboxylic acids is 1. The van der Waals surface area contributed by atoms with Crippen molar-refractivity contribution >= 4 is 11.7 Å². The average Bonchev–Trinajstić information content (AvgIpc) is 3.58. The van der Waals surface area contributed by atoms with Crippen LogP contribution < -0.4 is 10.6 Å². The highest BCUT2D eigenvalue weighted by molar-refractivity contribution is 5.94. The zero-order valence-corrected chi connectivity index (χ0v) is 22.2. The number of carbonyl (C=O) groups is 1. The number of rotatable bonds is 10. The first-order valence-electron chi connectivity index (χ1n) is 13.4. The molecule has 1 saturated carbocycles. The molecule has 4 rings (SSSR count). The maximum absolute atomic E-state index is 13.1. The summed E-state index contributed by atoms with van der Waals surface area (Å²) in [6.07, 6.45) is 6.70. The second-order valence-corrected chi connectivity index (χ2v) is 10.2. The van der Waals surface area contributed by atoms with Crippen molar-refractivity contribution in [3.8, 4) is 5.69 Å². The van der Waals surface area contributed by atoms with Gasteiger partial charge in [0, 0.05) is 18.9 Å². The molecule has 2 heterocycles. The smallest absolute Gasteiger partial charge is 0.363 e. The lowest BCUT2D eigenvalue weighted by atomic mass is 9.89. The normalized spacial score (nSPS) is 15.0. The summed E-state index contributed by atoms with van der Waals surface area (Å²) in [7, 11) is 0. The molecule has 2 N–H and O–H groups in total. The Labute approximate surface area is 222 Å². The number of anilines is 1. The van der Waals surface area contributed by atoms with Crippen LogP contribution in [0.25, 0.3) is 5.69 Å². The number of aryl methyl sites for hydroxylation is 2. The molecule has 1 atom stereocenters. The summed E-state index contributed by atoms with van der Waals surface area (Å²) in [5, 5.41) is 10.5. The molecule has 0 radical (unpaired) electrons. The molecule has 38 heavy (non-hydrogen) atoms. The van der Waals surface area contributed by atoms with Gasteiger partial charge in [-0.05, 0) is 67.9 Å². The van der Waals surface area contributed by atoms with E-state index in [1.807, 2.05) is 32.0 Å². The fourth-order valence-corrected chi connectivity index (χ4v) is 5.34. The van der Waals surface area contributed by atoms with E-state index in [2.05, 4.69) is 27.6 Å². The molecule has 204 valence electrons. The van der Waals surface area contributed by atoms with Gasteiger partial charge < -0.3 is 10.6 Å². The molecular weight excluding hydrogens is 491 g/mol. The van der Waals surface area contributed by atoms with Crippen molar-refractivity contribution in [1.82, 2.24) is 20.1 Å². The molecule has 3 aromatic rings. The van der Waals surface area contributed by atoms with Crippen molar-refractivity contribution in [2.24, 2.45) is 5.92 Å². The molecule has 2 aromatic heterocycles. The van der Waals surface area contributed by atoms with Gasteiger partial charge in [0.1, 0.15) is 5.82 Å². The van der Waals surface area contributed by atoms with Gasteiger partial charge in [-0.3, -0.25) is 4.79 Å². The fourth-order valence-electron chi connectivity index (χ4n) is 5.34. The molecule has 9 heteroatoms. The van der Waals surface area contributed by atoms with E-state index < -0.39 is 11.7 Å². The Bertz CT molecular complexity index is 1210. The summed E-state index contributed by atoms with van der Waals surface area (Å²) in [5.74, 6) is 0.969. The van der Waals surface area contributed by atoms with E-state index in [0.717, 1.165) is 74.0 Å². The van der Waals surface area contributed by atoms with Gasteiger partial charge >= 0.3 is 6.18 Å². The van der Waals surface area contributed by atoms with Crippen LogP contribution in [0.2, 0.25) is 0 Å². The van der Waals surface area contributed by atoms with Crippen LogP contribution >= 0.6 is 0 Å². The first-order valence-corrected chi connectivity index (χ1v) is 13.4. The zero-order chi connectivity index (χ0) is 27.3. The third-order valence-corrected chi connectivity index (χ3v) is 7.28. The Morgan fingerprint density at radius 1 is 1.11 bits per heavy atom. The average molecular weight is 528 g/mol. The van der Waals surface area contributed by atoms with Crippen LogP contribution in [0.3, 0.4) is 0 Å². The van der Waals surface area contributed by atoms with Gasteiger partial charge in [0.2, 0.25) is 0 Å². The number of amides is 1. The van der Waals surface area contributed by atoms with E-state index >= 15 is 0 Å². The molecular formula is C29H36F3N5O. The lowest BCUT2D eigenvalue weighted by molar-refractivity contribution is -0.137. The molecule has 1 aliphatic carbocycles. The molecule has 0 aliphatic heterocycles. The van der Waals surface area contributed by atoms with Crippen molar-refractivity contribution in [1.29, 1.82) is 0 Å². The van der Waals surface area contributed by atoms with E-state index in [0.29, 0.717) is 29.5 Å². The third kappa shape index (κ3) is 6.55. The van der Waals surface area contributed by atoms with Crippen LogP contribution in [0.5, 0.6) is 0 Å². The number of pyridine rings is 1. The first-order chi connectivity index (χ1) is 18.2. The van der Waals surface area contributed by atoms with Crippen molar-refractivity contribution in [3.05, 3.63) is 70.7 Å². The van der Waals surface area contributed by atoms with E-state index in [1.54, 1.807) is 12.3 Å². The minimum atomic E-state index is -4.43. The number of hydrogen-bond acceptors (Lipinski definition) is 4. The predicted molar refractivity (Wildman–Crippen MR) is 142 cm³/mol. The highest BCUT2D eigenvalue weighted by Gasteiger charge is 2.33. The fraction of sp³-hybridized carbons (Fsp3) is 0.483. The van der Waals surface area contributed by atoms with Gasteiger partial charge in [-0.1, -0.05) is 44.7 Å². The standard InChI is InChI=1S/C29H36F3N5O/c1-4-5-8-13-33-28(38)22-11-12-25(34-16-22)36-26(21-9-6-7-10-21)23-14-19(2)27(20(3)15-23)37-18-24(17-35-37)29(30,31)32/h11-12,14-18,21,26H,4-10,13H2,1-3H3,(H,33,38)(H,34,36). The van der Waals surface area contributed by atoms with Crippen LogP contribution in [-0.2, 0) is 6.18 Å². The summed E-state index contributed by atoms with van der Waals surface area (Å²) in [6, 6.07) is 7.68. The summed E-state index contributed by atoms with van der Waals surface area (Å²) >= 11 is 0. The van der Waals surface area contributed by atoms with Crippen molar-refractivity contribution in [2.75, 3.05) is 11.9 Å². The molecule has 0 spiro atoms. The van der Waals surface area contributed by atoms with Crippen LogP contribution in [-0.4, -0.2) is 27.2 Å². The van der Waals surface area contributed by atoms with Crippen LogP contribution in [0.15, 0.2) is 42.9 Å². The number of nitrogens with zero attached hydrogens (tertiary/aromatic N) is 3. The van der Waals surface area contributed by atoms with Crippen molar-refractivity contribution < 1.29 is 18.0 Å². The second kappa shape index (κ2) is 12.0. The van der Waals surface area contributed by atoms with Crippen LogP contribution in [0.1, 0.15) is 90.5 Å². The number of aromatic nitrogens is 3. The Kier molecular flexibility index (Phi) is 8.74. The molecule has 0 saturated heterocycles. The van der Waals surface area contributed by atoms with E-state index in [9.17, 15) is 18.0 Å². The van der Waals surface area contributed by atoms with Crippen molar-refractivity contribution in [3.63, 3.8) is 0 Å². The van der Waals surface area contributed by atoms with Crippen LogP contribution in [0.4, 0.5) is 19.0 Å². The Balaban J connectivity index is 1.55. The molecule has 1 aliphatic rings. The maximum Gasteiger partial charge on any atom is 0.419 e. The number of benzene rings is 1. The quantitative estimate of drug-likeness (QED) is 0.274. The van der Waals surface area contributed by atoms with Crippen molar-refractivity contribution in [2.45, 2.75) is 77.9 Å². The number of unbranched alkanes of at least 4 members (excludes halogenated alkanes) is 2. The minimum Gasteiger partial charge on any atom is -0.363 e. The van der Waals surface area contributed by atoms with Gasteiger partial charge in [-0.15, -0.1) is 0 Å². The minimum absolute atomic E-state index is 0.00599. The van der Waals surface area contributed by atoms with Gasteiger partial charge in [0.05, 0.1) is 29.1 Å². The highest BCUT2D eigenvalue weighted by Crippen LogP contribution is 2.39. The van der Waals surface area contributed by atoms with E-state index in [1.165, 1.54) is 4.68 Å².